The fourth-order valence-corrected chi connectivity index (χ4v) is 1.59. The van der Waals surface area contributed by atoms with E-state index in [0.717, 1.165) is 10.0 Å². The minimum absolute atomic E-state index is 0.320. The smallest absolute Gasteiger partial charge is 0.363 e. The van der Waals surface area contributed by atoms with Gasteiger partial charge in [-0.3, -0.25) is 0 Å². The highest BCUT2D eigenvalue weighted by molar-refractivity contribution is 9.10. The van der Waals surface area contributed by atoms with E-state index >= 15 is 0 Å². The van der Waals surface area contributed by atoms with E-state index in [0.29, 0.717) is 11.6 Å². The fraction of sp³-hybridized carbons (Fsp3) is 0.0769. The first kappa shape index (κ1) is 11.8. The van der Waals surface area contributed by atoms with Crippen LogP contribution < -0.4 is 0 Å². The summed E-state index contributed by atoms with van der Waals surface area (Å²) in [5.74, 6) is -0.0701. The summed E-state index contributed by atoms with van der Waals surface area (Å²) in [7, 11) is 0. The quantitative estimate of drug-likeness (QED) is 0.620. The Hall–Kier alpha value is -1.68. The number of carbonyl (C=O) groups is 1. The molecule has 0 amide bonds. The maximum absolute atomic E-state index is 11.5. The lowest BCUT2D eigenvalue weighted by atomic mass is 10.2. The summed E-state index contributed by atoms with van der Waals surface area (Å²) < 4.78 is 6.06. The first-order chi connectivity index (χ1) is 8.20. The first-order valence-electron chi connectivity index (χ1n) is 5.10. The number of carbonyl (C=O) groups excluding carboxylic acids is 1. The molecule has 1 heterocycles. The average molecular weight is 292 g/mol. The zero-order valence-electron chi connectivity index (χ0n) is 9.18. The Morgan fingerprint density at radius 2 is 2.00 bits per heavy atom. The Morgan fingerprint density at radius 1 is 1.29 bits per heavy atom. The molecule has 17 heavy (non-hydrogen) atoms. The Bertz CT molecular complexity index is 527. The average Bonchev–Trinajstić information content (AvgIpc) is 2.69. The monoisotopic (exact) mass is 291 g/mol. The molecule has 0 N–H and O–H groups in total. The molecule has 1 aliphatic heterocycles. The van der Waals surface area contributed by atoms with Crippen molar-refractivity contribution < 1.29 is 9.53 Å². The number of ether oxygens (including phenoxy) is 1. The molecular formula is C13H10BrNO2. The molecule has 0 bridgehead atoms. The second kappa shape index (κ2) is 5.10. The zero-order valence-corrected chi connectivity index (χ0v) is 10.8. The number of nitrogens with zero attached hydrogens (tertiary/aromatic N) is 1. The Kier molecular flexibility index (Phi) is 3.54. The molecule has 0 fully saturated rings. The van der Waals surface area contributed by atoms with Crippen LogP contribution in [0, 0.1) is 0 Å². The molecular weight excluding hydrogens is 282 g/mol. The van der Waals surface area contributed by atoms with Gasteiger partial charge in [-0.15, -0.1) is 0 Å². The molecule has 86 valence electrons. The van der Waals surface area contributed by atoms with Gasteiger partial charge in [-0.2, -0.15) is 0 Å². The molecule has 0 unspecified atom stereocenters. The number of allylic oxidation sites excluding steroid dienone is 3. The van der Waals surface area contributed by atoms with Crippen molar-refractivity contribution >= 4 is 27.8 Å². The van der Waals surface area contributed by atoms with Gasteiger partial charge in [-0.25, -0.2) is 9.79 Å². The van der Waals surface area contributed by atoms with E-state index < -0.39 is 5.97 Å². The fourth-order valence-electron chi connectivity index (χ4n) is 1.33. The van der Waals surface area contributed by atoms with Crippen molar-refractivity contribution in [2.75, 3.05) is 0 Å². The maximum atomic E-state index is 11.5. The third-order valence-corrected chi connectivity index (χ3v) is 2.69. The molecule has 0 aromatic heterocycles. The number of halogens is 1. The van der Waals surface area contributed by atoms with Crippen molar-refractivity contribution in [2.24, 2.45) is 4.99 Å². The van der Waals surface area contributed by atoms with Crippen LogP contribution in [0.4, 0.5) is 0 Å². The van der Waals surface area contributed by atoms with Crippen molar-refractivity contribution in [1.82, 2.24) is 0 Å². The summed E-state index contributed by atoms with van der Waals surface area (Å²) in [6.45, 7) is 1.87. The van der Waals surface area contributed by atoms with Crippen LogP contribution in [-0.4, -0.2) is 11.9 Å². The second-order valence-electron chi connectivity index (χ2n) is 3.39. The number of hydrogen-bond acceptors (Lipinski definition) is 3. The second-order valence-corrected chi connectivity index (χ2v) is 4.31. The van der Waals surface area contributed by atoms with E-state index in [1.807, 2.05) is 37.3 Å². The maximum Gasteiger partial charge on any atom is 0.363 e. The predicted octanol–water partition coefficient (Wildman–Crippen LogP) is 3.21. The summed E-state index contributed by atoms with van der Waals surface area (Å²) in [6, 6.07) is 7.43. The molecule has 4 heteroatoms. The van der Waals surface area contributed by atoms with Gasteiger partial charge in [0.25, 0.3) is 0 Å². The molecule has 3 nitrogen and oxygen atoms in total. The number of aliphatic imine (C=N–C) groups is 1. The summed E-state index contributed by atoms with van der Waals surface area (Å²) in [5, 5.41) is 0. The van der Waals surface area contributed by atoms with E-state index in [-0.39, 0.29) is 0 Å². The first-order valence-corrected chi connectivity index (χ1v) is 5.90. The van der Waals surface area contributed by atoms with E-state index in [1.54, 1.807) is 12.2 Å². The van der Waals surface area contributed by atoms with Crippen LogP contribution in [0.5, 0.6) is 0 Å². The molecule has 0 radical (unpaired) electrons. The number of rotatable bonds is 2. The third kappa shape index (κ3) is 2.71. The zero-order chi connectivity index (χ0) is 12.3. The normalized spacial score (nSPS) is 17.6. The van der Waals surface area contributed by atoms with E-state index in [2.05, 4.69) is 20.9 Å². The third-order valence-electron chi connectivity index (χ3n) is 2.16. The molecule has 0 atom stereocenters. The topological polar surface area (TPSA) is 38.7 Å². The largest absolute Gasteiger partial charge is 0.402 e. The van der Waals surface area contributed by atoms with Gasteiger partial charge in [0.05, 0.1) is 0 Å². The molecule has 0 saturated heterocycles. The van der Waals surface area contributed by atoms with Crippen molar-refractivity contribution in [3.8, 4) is 0 Å². The Labute approximate surface area is 108 Å². The molecule has 1 aromatic carbocycles. The molecule has 2 rings (SSSR count). The van der Waals surface area contributed by atoms with Gasteiger partial charge in [0.1, 0.15) is 0 Å². The molecule has 1 aliphatic rings. The molecule has 1 aromatic rings. The highest BCUT2D eigenvalue weighted by atomic mass is 79.9. The van der Waals surface area contributed by atoms with Crippen LogP contribution >= 0.6 is 15.9 Å². The lowest BCUT2D eigenvalue weighted by Crippen LogP contribution is -2.04. The Morgan fingerprint density at radius 3 is 2.65 bits per heavy atom. The van der Waals surface area contributed by atoms with Gasteiger partial charge in [0.15, 0.2) is 5.70 Å². The van der Waals surface area contributed by atoms with E-state index in [9.17, 15) is 4.79 Å². The van der Waals surface area contributed by atoms with E-state index in [1.165, 1.54) is 0 Å². The van der Waals surface area contributed by atoms with Crippen LogP contribution in [0.15, 0.2) is 57.7 Å². The van der Waals surface area contributed by atoms with Crippen molar-refractivity contribution in [2.45, 2.75) is 6.92 Å². The lowest BCUT2D eigenvalue weighted by Gasteiger charge is -1.98. The van der Waals surface area contributed by atoms with Crippen molar-refractivity contribution in [3.05, 3.63) is 58.2 Å². The van der Waals surface area contributed by atoms with Crippen LogP contribution in [-0.2, 0) is 9.53 Å². The van der Waals surface area contributed by atoms with Gasteiger partial charge in [0.2, 0.25) is 5.90 Å². The van der Waals surface area contributed by atoms with Crippen molar-refractivity contribution in [1.29, 1.82) is 0 Å². The van der Waals surface area contributed by atoms with E-state index in [4.69, 9.17) is 4.74 Å². The van der Waals surface area contributed by atoms with Gasteiger partial charge >= 0.3 is 5.97 Å². The van der Waals surface area contributed by atoms with Crippen LogP contribution in [0.25, 0.3) is 0 Å². The minimum atomic E-state index is -0.416. The van der Waals surface area contributed by atoms with Gasteiger partial charge in [-0.05, 0) is 37.3 Å². The lowest BCUT2D eigenvalue weighted by molar-refractivity contribution is -0.130. The molecule has 0 saturated carbocycles. The number of benzene rings is 1. The van der Waals surface area contributed by atoms with Crippen LogP contribution in [0.2, 0.25) is 0 Å². The highest BCUT2D eigenvalue weighted by Crippen LogP contribution is 2.18. The van der Waals surface area contributed by atoms with Gasteiger partial charge in [-0.1, -0.05) is 28.1 Å². The highest BCUT2D eigenvalue weighted by Gasteiger charge is 2.23. The standard InChI is InChI=1S/C13H10BrNO2/c1-2-3-4-11-13(16)17-12(15-11)9-5-7-10(14)8-6-9/h2-8H,1H3. The molecule has 0 aliphatic carbocycles. The number of hydrogen-bond donors (Lipinski definition) is 0. The Balaban J connectivity index is 2.30. The number of cyclic esters (lactones) is 1. The van der Waals surface area contributed by atoms with Crippen LogP contribution in [0.1, 0.15) is 12.5 Å². The minimum Gasteiger partial charge on any atom is -0.402 e. The molecule has 0 spiro atoms. The summed E-state index contributed by atoms with van der Waals surface area (Å²) in [4.78, 5) is 15.6. The SMILES string of the molecule is CC=CC=C1N=C(c2ccc(Br)cc2)OC1=O. The van der Waals surface area contributed by atoms with Crippen LogP contribution in [0.3, 0.4) is 0 Å². The summed E-state index contributed by atoms with van der Waals surface area (Å²) in [6.07, 6.45) is 5.21. The predicted molar refractivity (Wildman–Crippen MR) is 69.7 cm³/mol. The van der Waals surface area contributed by atoms with Gasteiger partial charge in [0, 0.05) is 10.0 Å². The number of esters is 1. The van der Waals surface area contributed by atoms with Crippen molar-refractivity contribution in [3.63, 3.8) is 0 Å². The summed E-state index contributed by atoms with van der Waals surface area (Å²) in [5.41, 5.74) is 1.10. The summed E-state index contributed by atoms with van der Waals surface area (Å²) >= 11 is 3.34. The van der Waals surface area contributed by atoms with Gasteiger partial charge < -0.3 is 4.74 Å².